The number of piperidine rings is 1. The highest BCUT2D eigenvalue weighted by atomic mass is 16.2. The van der Waals surface area contributed by atoms with Crippen molar-refractivity contribution in [2.45, 2.75) is 38.1 Å². The number of rotatable bonds is 4. The van der Waals surface area contributed by atoms with E-state index in [1.165, 1.54) is 12.8 Å². The topological polar surface area (TPSA) is 70.2 Å². The maximum absolute atomic E-state index is 11.7. The second kappa shape index (κ2) is 6.00. The Bertz CT molecular complexity index is 287. The standard InChI is InChI=1S/C12H21N3O2/c16-11-4-3-10(15-11)12(17)14-7-5-9-2-1-6-13-8-9/h9-10,13H,1-8H2,(H,14,17)(H,15,16). The van der Waals surface area contributed by atoms with Gasteiger partial charge in [0.15, 0.2) is 0 Å². The van der Waals surface area contributed by atoms with Gasteiger partial charge in [-0.05, 0) is 44.7 Å². The van der Waals surface area contributed by atoms with E-state index in [1.54, 1.807) is 0 Å². The molecule has 2 saturated heterocycles. The molecule has 2 aliphatic heterocycles. The first-order valence-corrected chi connectivity index (χ1v) is 6.53. The second-order valence-electron chi connectivity index (χ2n) is 4.95. The second-order valence-corrected chi connectivity index (χ2v) is 4.95. The summed E-state index contributed by atoms with van der Waals surface area (Å²) in [5, 5.41) is 8.95. The highest BCUT2D eigenvalue weighted by Gasteiger charge is 2.26. The fourth-order valence-electron chi connectivity index (χ4n) is 2.50. The Morgan fingerprint density at radius 2 is 2.29 bits per heavy atom. The van der Waals surface area contributed by atoms with Gasteiger partial charge in [0, 0.05) is 13.0 Å². The Labute approximate surface area is 102 Å². The molecule has 0 saturated carbocycles. The molecule has 5 nitrogen and oxygen atoms in total. The summed E-state index contributed by atoms with van der Waals surface area (Å²) in [6.45, 7) is 2.91. The fraction of sp³-hybridized carbons (Fsp3) is 0.833. The van der Waals surface area contributed by atoms with Crippen molar-refractivity contribution >= 4 is 11.8 Å². The van der Waals surface area contributed by atoms with Crippen molar-refractivity contribution in [1.82, 2.24) is 16.0 Å². The smallest absolute Gasteiger partial charge is 0.242 e. The zero-order chi connectivity index (χ0) is 12.1. The molecule has 17 heavy (non-hydrogen) atoms. The van der Waals surface area contributed by atoms with Crippen LogP contribution in [0.25, 0.3) is 0 Å². The molecular weight excluding hydrogens is 218 g/mol. The lowest BCUT2D eigenvalue weighted by atomic mass is 9.96. The summed E-state index contributed by atoms with van der Waals surface area (Å²) in [6, 6.07) is -0.299. The van der Waals surface area contributed by atoms with E-state index < -0.39 is 0 Å². The fourth-order valence-corrected chi connectivity index (χ4v) is 2.50. The maximum Gasteiger partial charge on any atom is 0.242 e. The molecule has 3 N–H and O–H groups in total. The van der Waals surface area contributed by atoms with Gasteiger partial charge in [0.1, 0.15) is 6.04 Å². The summed E-state index contributed by atoms with van der Waals surface area (Å²) >= 11 is 0. The van der Waals surface area contributed by atoms with Gasteiger partial charge in [-0.15, -0.1) is 0 Å². The van der Waals surface area contributed by atoms with Gasteiger partial charge in [0.05, 0.1) is 0 Å². The van der Waals surface area contributed by atoms with Crippen molar-refractivity contribution in [1.29, 1.82) is 0 Å². The predicted octanol–water partition coefficient (Wildman–Crippen LogP) is -0.229. The van der Waals surface area contributed by atoms with Gasteiger partial charge in [0.2, 0.25) is 11.8 Å². The molecule has 0 spiro atoms. The Hall–Kier alpha value is -1.10. The van der Waals surface area contributed by atoms with Crippen molar-refractivity contribution in [2.24, 2.45) is 5.92 Å². The number of amides is 2. The van der Waals surface area contributed by atoms with Crippen molar-refractivity contribution < 1.29 is 9.59 Å². The minimum Gasteiger partial charge on any atom is -0.354 e. The van der Waals surface area contributed by atoms with Crippen molar-refractivity contribution in [3.05, 3.63) is 0 Å². The first kappa shape index (κ1) is 12.4. The van der Waals surface area contributed by atoms with Crippen molar-refractivity contribution in [3.63, 3.8) is 0 Å². The lowest BCUT2D eigenvalue weighted by molar-refractivity contribution is -0.125. The third kappa shape index (κ3) is 3.70. The Morgan fingerprint density at radius 3 is 2.94 bits per heavy atom. The van der Waals surface area contributed by atoms with Crippen LogP contribution in [0.3, 0.4) is 0 Å². The molecule has 0 bridgehead atoms. The summed E-state index contributed by atoms with van der Waals surface area (Å²) in [4.78, 5) is 22.7. The van der Waals surface area contributed by atoms with Gasteiger partial charge in [-0.25, -0.2) is 0 Å². The molecule has 0 aliphatic carbocycles. The zero-order valence-corrected chi connectivity index (χ0v) is 10.1. The highest BCUT2D eigenvalue weighted by Crippen LogP contribution is 2.13. The average Bonchev–Trinajstić information content (AvgIpc) is 2.77. The molecule has 2 unspecified atom stereocenters. The third-order valence-electron chi connectivity index (χ3n) is 3.56. The van der Waals surface area contributed by atoms with Crippen LogP contribution in [-0.2, 0) is 9.59 Å². The van der Waals surface area contributed by atoms with Gasteiger partial charge in [0.25, 0.3) is 0 Å². The molecule has 2 rings (SSSR count). The van der Waals surface area contributed by atoms with E-state index in [2.05, 4.69) is 16.0 Å². The lowest BCUT2D eigenvalue weighted by Crippen LogP contribution is -2.42. The van der Waals surface area contributed by atoms with Crippen LogP contribution in [0.1, 0.15) is 32.1 Å². The SMILES string of the molecule is O=C1CCC(C(=O)NCCC2CCCNC2)N1. The minimum absolute atomic E-state index is 0.0124. The number of hydrogen-bond acceptors (Lipinski definition) is 3. The van der Waals surface area contributed by atoms with E-state index in [1.807, 2.05) is 0 Å². The normalized spacial score (nSPS) is 28.8. The highest BCUT2D eigenvalue weighted by molar-refractivity contribution is 5.90. The molecule has 96 valence electrons. The molecule has 2 fully saturated rings. The molecule has 5 heteroatoms. The minimum atomic E-state index is -0.299. The maximum atomic E-state index is 11.7. The number of hydrogen-bond donors (Lipinski definition) is 3. The Morgan fingerprint density at radius 1 is 1.41 bits per heavy atom. The first-order valence-electron chi connectivity index (χ1n) is 6.53. The number of carbonyl (C=O) groups excluding carboxylic acids is 2. The summed E-state index contributed by atoms with van der Waals surface area (Å²) in [5.41, 5.74) is 0. The molecule has 0 aromatic heterocycles. The van der Waals surface area contributed by atoms with Crippen LogP contribution in [0.4, 0.5) is 0 Å². The third-order valence-corrected chi connectivity index (χ3v) is 3.56. The van der Waals surface area contributed by atoms with E-state index in [-0.39, 0.29) is 17.9 Å². The molecule has 0 radical (unpaired) electrons. The number of nitrogens with one attached hydrogen (secondary N) is 3. The zero-order valence-electron chi connectivity index (χ0n) is 10.1. The molecule has 2 atom stereocenters. The van der Waals surface area contributed by atoms with Crippen LogP contribution in [-0.4, -0.2) is 37.5 Å². The summed E-state index contributed by atoms with van der Waals surface area (Å²) in [7, 11) is 0. The summed E-state index contributed by atoms with van der Waals surface area (Å²) in [5.74, 6) is 0.642. The van der Waals surface area contributed by atoms with E-state index in [9.17, 15) is 9.59 Å². The number of carbonyl (C=O) groups is 2. The van der Waals surface area contributed by atoms with Crippen LogP contribution >= 0.6 is 0 Å². The van der Waals surface area contributed by atoms with Crippen LogP contribution in [0, 0.1) is 5.92 Å². The van der Waals surface area contributed by atoms with Gasteiger partial charge < -0.3 is 16.0 Å². The largest absolute Gasteiger partial charge is 0.354 e. The summed E-state index contributed by atoms with van der Waals surface area (Å²) < 4.78 is 0. The van der Waals surface area contributed by atoms with E-state index in [0.29, 0.717) is 18.8 Å². The van der Waals surface area contributed by atoms with Gasteiger partial charge in [-0.1, -0.05) is 0 Å². The quantitative estimate of drug-likeness (QED) is 0.635. The van der Waals surface area contributed by atoms with E-state index >= 15 is 0 Å². The molecular formula is C12H21N3O2. The van der Waals surface area contributed by atoms with E-state index in [4.69, 9.17) is 0 Å². The van der Waals surface area contributed by atoms with Crippen molar-refractivity contribution in [2.75, 3.05) is 19.6 Å². The first-order chi connectivity index (χ1) is 8.25. The molecule has 2 heterocycles. The van der Waals surface area contributed by atoms with Gasteiger partial charge in [-0.3, -0.25) is 9.59 Å². The van der Waals surface area contributed by atoms with Crippen molar-refractivity contribution in [3.8, 4) is 0 Å². The molecule has 2 amide bonds. The average molecular weight is 239 g/mol. The lowest BCUT2D eigenvalue weighted by Gasteiger charge is -2.22. The van der Waals surface area contributed by atoms with Crippen LogP contribution < -0.4 is 16.0 Å². The van der Waals surface area contributed by atoms with E-state index in [0.717, 1.165) is 26.1 Å². The Kier molecular flexibility index (Phi) is 4.36. The van der Waals surface area contributed by atoms with Gasteiger partial charge in [-0.2, -0.15) is 0 Å². The molecule has 2 aliphatic rings. The molecule has 0 aromatic carbocycles. The summed E-state index contributed by atoms with van der Waals surface area (Å²) in [6.07, 6.45) is 4.63. The predicted molar refractivity (Wildman–Crippen MR) is 64.4 cm³/mol. The van der Waals surface area contributed by atoms with Crippen LogP contribution in [0.2, 0.25) is 0 Å². The Balaban J connectivity index is 1.61. The van der Waals surface area contributed by atoms with Gasteiger partial charge >= 0.3 is 0 Å². The van der Waals surface area contributed by atoms with Crippen LogP contribution in [0.5, 0.6) is 0 Å². The molecule has 0 aromatic rings. The van der Waals surface area contributed by atoms with Crippen LogP contribution in [0.15, 0.2) is 0 Å². The monoisotopic (exact) mass is 239 g/mol.